The Morgan fingerprint density at radius 1 is 1.29 bits per heavy atom. The van der Waals surface area contributed by atoms with Crippen molar-refractivity contribution in [1.29, 1.82) is 5.26 Å². The van der Waals surface area contributed by atoms with E-state index in [2.05, 4.69) is 20.6 Å². The normalized spacial score (nSPS) is 12.5. The Labute approximate surface area is 196 Å². The maximum Gasteiger partial charge on any atom is 0.416 e. The summed E-state index contributed by atoms with van der Waals surface area (Å²) >= 11 is 0. The molecule has 2 rings (SSSR count). The van der Waals surface area contributed by atoms with E-state index in [1.54, 1.807) is 6.92 Å². The third-order valence-corrected chi connectivity index (χ3v) is 4.69. The molecule has 0 saturated heterocycles. The number of rotatable bonds is 10. The molecular formula is C22H29F3N7O2+. The first kappa shape index (κ1) is 26.7. The maximum absolute atomic E-state index is 13.1. The number of halogens is 3. The van der Waals surface area contributed by atoms with E-state index in [0.717, 1.165) is 18.7 Å². The summed E-state index contributed by atoms with van der Waals surface area (Å²) in [5, 5.41) is 15.0. The van der Waals surface area contributed by atoms with Gasteiger partial charge in [-0.3, -0.25) is 4.79 Å². The predicted octanol–water partition coefficient (Wildman–Crippen LogP) is 3.25. The van der Waals surface area contributed by atoms with E-state index >= 15 is 0 Å². The van der Waals surface area contributed by atoms with Crippen LogP contribution in [0.2, 0.25) is 0 Å². The van der Waals surface area contributed by atoms with Crippen LogP contribution < -0.4 is 21.1 Å². The van der Waals surface area contributed by atoms with Crippen LogP contribution in [0, 0.1) is 11.3 Å². The highest BCUT2D eigenvalue weighted by Gasteiger charge is 2.31. The van der Waals surface area contributed by atoms with Gasteiger partial charge in [-0.1, -0.05) is 6.07 Å². The van der Waals surface area contributed by atoms with Crippen molar-refractivity contribution in [1.82, 2.24) is 9.97 Å². The number of amides is 1. The molecule has 0 saturated carbocycles. The number of hydrogen-bond acceptors (Lipinski definition) is 7. The lowest BCUT2D eigenvalue weighted by atomic mass is 10.1. The van der Waals surface area contributed by atoms with E-state index in [-0.39, 0.29) is 35.5 Å². The quantitative estimate of drug-likeness (QED) is 0.446. The molecule has 0 bridgehead atoms. The van der Waals surface area contributed by atoms with Crippen molar-refractivity contribution >= 4 is 23.4 Å². The fourth-order valence-corrected chi connectivity index (χ4v) is 3.11. The summed E-state index contributed by atoms with van der Waals surface area (Å²) in [7, 11) is 6.00. The molecule has 2 aromatic rings. The molecule has 34 heavy (non-hydrogen) atoms. The summed E-state index contributed by atoms with van der Waals surface area (Å²) in [4.78, 5) is 21.0. The maximum atomic E-state index is 13.1. The number of nitrogens with zero attached hydrogens (tertiary/aromatic N) is 4. The largest absolute Gasteiger partial charge is 0.477 e. The van der Waals surface area contributed by atoms with Gasteiger partial charge in [-0.05, 0) is 38.0 Å². The second kappa shape index (κ2) is 11.0. The molecule has 0 aliphatic carbocycles. The lowest BCUT2D eigenvalue weighted by Crippen LogP contribution is -2.39. The van der Waals surface area contributed by atoms with Gasteiger partial charge in [0, 0.05) is 5.69 Å². The van der Waals surface area contributed by atoms with Crippen LogP contribution in [0.4, 0.5) is 30.6 Å². The number of ether oxygens (including phenoxy) is 1. The molecule has 0 fully saturated rings. The second-order valence-corrected chi connectivity index (χ2v) is 8.58. The van der Waals surface area contributed by atoms with Crippen molar-refractivity contribution in [3.63, 3.8) is 0 Å². The summed E-state index contributed by atoms with van der Waals surface area (Å²) in [6.45, 7) is 2.67. The highest BCUT2D eigenvalue weighted by Crippen LogP contribution is 2.31. The van der Waals surface area contributed by atoms with Gasteiger partial charge in [0.15, 0.2) is 11.4 Å². The molecule has 0 aliphatic heterocycles. The first-order chi connectivity index (χ1) is 15.8. The summed E-state index contributed by atoms with van der Waals surface area (Å²) in [6.07, 6.45) is -3.62. The fourth-order valence-electron chi connectivity index (χ4n) is 3.11. The molecule has 1 atom stereocenters. The van der Waals surface area contributed by atoms with Gasteiger partial charge in [0.2, 0.25) is 17.7 Å². The first-order valence-electron chi connectivity index (χ1n) is 10.6. The molecule has 12 heteroatoms. The predicted molar refractivity (Wildman–Crippen MR) is 122 cm³/mol. The van der Waals surface area contributed by atoms with Crippen molar-refractivity contribution in [2.75, 3.05) is 50.7 Å². The van der Waals surface area contributed by atoms with Crippen LogP contribution in [0.25, 0.3) is 0 Å². The van der Waals surface area contributed by atoms with Gasteiger partial charge in [-0.15, -0.1) is 0 Å². The molecule has 1 heterocycles. The Morgan fingerprint density at radius 2 is 2.00 bits per heavy atom. The van der Waals surface area contributed by atoms with Crippen molar-refractivity contribution in [2.24, 2.45) is 0 Å². The summed E-state index contributed by atoms with van der Waals surface area (Å²) in [5.41, 5.74) is 4.83. The van der Waals surface area contributed by atoms with Crippen molar-refractivity contribution in [3.05, 3.63) is 35.4 Å². The molecule has 1 aromatic heterocycles. The zero-order valence-electron chi connectivity index (χ0n) is 19.5. The van der Waals surface area contributed by atoms with Crippen LogP contribution in [0.15, 0.2) is 24.3 Å². The SMILES string of the molecule is CCOc1nc(N)nc(N[C@@H](CCC[N+](C)(C)C)C(=O)Nc2cccc(C(F)(F)F)c2)c1C#N. The third kappa shape index (κ3) is 7.77. The molecule has 0 unspecified atom stereocenters. The van der Waals surface area contributed by atoms with Gasteiger partial charge < -0.3 is 25.6 Å². The average molecular weight is 481 g/mol. The Morgan fingerprint density at radius 3 is 2.59 bits per heavy atom. The van der Waals surface area contributed by atoms with E-state index in [1.807, 2.05) is 27.2 Å². The number of carbonyl (C=O) groups excluding carboxylic acids is 1. The third-order valence-electron chi connectivity index (χ3n) is 4.69. The second-order valence-electron chi connectivity index (χ2n) is 8.58. The standard InChI is InChI=1S/C22H28F3N7O2/c1-5-34-20-16(13-26)18(30-21(27)31-20)29-17(10-7-11-32(2,3)4)19(33)28-15-9-6-8-14(12-15)22(23,24)25/h6,8-9,12,17H,5,7,10-11H2,1-4H3,(H3-,27,28,29,30,31,33)/p+1/t17-/m0/s1. The number of nitrogens with two attached hydrogens (primary N) is 1. The molecule has 184 valence electrons. The Bertz CT molecular complexity index is 1050. The van der Waals surface area contributed by atoms with Crippen LogP contribution in [0.5, 0.6) is 5.88 Å². The number of benzene rings is 1. The highest BCUT2D eigenvalue weighted by molar-refractivity contribution is 5.96. The summed E-state index contributed by atoms with van der Waals surface area (Å²) in [6, 6.07) is 5.39. The van der Waals surface area contributed by atoms with Crippen molar-refractivity contribution in [3.8, 4) is 11.9 Å². The van der Waals surface area contributed by atoms with Gasteiger partial charge in [-0.25, -0.2) is 0 Å². The van der Waals surface area contributed by atoms with Crippen LogP contribution in [-0.4, -0.2) is 60.7 Å². The lowest BCUT2D eigenvalue weighted by molar-refractivity contribution is -0.870. The number of alkyl halides is 3. The average Bonchev–Trinajstić information content (AvgIpc) is 2.72. The minimum Gasteiger partial charge on any atom is -0.477 e. The molecule has 9 nitrogen and oxygen atoms in total. The van der Waals surface area contributed by atoms with E-state index in [9.17, 15) is 23.2 Å². The smallest absolute Gasteiger partial charge is 0.416 e. The summed E-state index contributed by atoms with van der Waals surface area (Å²) in [5.74, 6) is -0.760. The lowest BCUT2D eigenvalue weighted by Gasteiger charge is -2.25. The number of carbonyl (C=O) groups is 1. The molecule has 4 N–H and O–H groups in total. The number of nitrogen functional groups attached to an aromatic ring is 1. The van der Waals surface area contributed by atoms with Gasteiger partial charge in [0.1, 0.15) is 12.1 Å². The van der Waals surface area contributed by atoms with E-state index in [4.69, 9.17) is 10.5 Å². The van der Waals surface area contributed by atoms with Gasteiger partial charge in [0.05, 0.1) is 39.9 Å². The first-order valence-corrected chi connectivity index (χ1v) is 10.6. The molecule has 0 radical (unpaired) electrons. The number of nitriles is 1. The topological polar surface area (TPSA) is 126 Å². The van der Waals surface area contributed by atoms with Crippen LogP contribution >= 0.6 is 0 Å². The Kier molecular flexibility index (Phi) is 8.64. The number of quaternary nitrogens is 1. The summed E-state index contributed by atoms with van der Waals surface area (Å²) < 4.78 is 45.2. The van der Waals surface area contributed by atoms with Gasteiger partial charge >= 0.3 is 6.18 Å². The molecule has 1 amide bonds. The minimum atomic E-state index is -4.54. The number of hydrogen-bond donors (Lipinski definition) is 3. The minimum absolute atomic E-state index is 0.00376. The molecule has 0 aliphatic rings. The number of nitrogens with one attached hydrogen (secondary N) is 2. The van der Waals surface area contributed by atoms with Crippen molar-refractivity contribution in [2.45, 2.75) is 32.0 Å². The number of aromatic nitrogens is 2. The molecule has 0 spiro atoms. The van der Waals surface area contributed by atoms with Crippen LogP contribution in [0.1, 0.15) is 30.9 Å². The Hall–Kier alpha value is -3.59. The van der Waals surface area contributed by atoms with Gasteiger partial charge in [-0.2, -0.15) is 28.4 Å². The highest BCUT2D eigenvalue weighted by atomic mass is 19.4. The van der Waals surface area contributed by atoms with Crippen LogP contribution in [-0.2, 0) is 11.0 Å². The zero-order chi connectivity index (χ0) is 25.5. The van der Waals surface area contributed by atoms with E-state index in [0.29, 0.717) is 17.3 Å². The monoisotopic (exact) mass is 480 g/mol. The van der Waals surface area contributed by atoms with E-state index < -0.39 is 23.7 Å². The zero-order valence-corrected chi connectivity index (χ0v) is 19.5. The fraction of sp³-hybridized carbons (Fsp3) is 0.455. The number of anilines is 3. The molecule has 1 aromatic carbocycles. The van der Waals surface area contributed by atoms with Crippen LogP contribution in [0.3, 0.4) is 0 Å². The van der Waals surface area contributed by atoms with Gasteiger partial charge in [0.25, 0.3) is 0 Å². The Balaban J connectivity index is 2.34. The van der Waals surface area contributed by atoms with E-state index in [1.165, 1.54) is 12.1 Å². The molecular weight excluding hydrogens is 451 g/mol. The van der Waals surface area contributed by atoms with Crippen molar-refractivity contribution < 1.29 is 27.2 Å².